The lowest BCUT2D eigenvalue weighted by molar-refractivity contribution is 0.684. The van der Waals surface area contributed by atoms with Gasteiger partial charge in [-0.1, -0.05) is 18.2 Å². The predicted octanol–water partition coefficient (Wildman–Crippen LogP) is 1.38. The topological polar surface area (TPSA) is 42.7 Å². The van der Waals surface area contributed by atoms with E-state index in [4.69, 9.17) is 0 Å². The predicted molar refractivity (Wildman–Crippen MR) is 48.8 cm³/mol. The molecule has 0 saturated carbocycles. The van der Waals surface area contributed by atoms with E-state index in [0.717, 1.165) is 18.2 Å². The molecule has 1 aliphatic heterocycles. The standard InChI is InChI=1S/C9H8N4/c1-2-4-8-7(3-1)5-13-9(12-8)10-6-11-13/h1-4,6H,5H2,(H,10,11,12). The monoisotopic (exact) mass is 172 g/mol. The number of aromatic nitrogens is 3. The molecule has 0 aliphatic carbocycles. The zero-order chi connectivity index (χ0) is 8.67. The molecule has 0 spiro atoms. The summed E-state index contributed by atoms with van der Waals surface area (Å²) in [5, 5.41) is 7.31. The zero-order valence-corrected chi connectivity index (χ0v) is 6.94. The molecule has 13 heavy (non-hydrogen) atoms. The molecule has 0 atom stereocenters. The van der Waals surface area contributed by atoms with Crippen LogP contribution >= 0.6 is 0 Å². The van der Waals surface area contributed by atoms with Gasteiger partial charge in [0.15, 0.2) is 0 Å². The van der Waals surface area contributed by atoms with Crippen LogP contribution in [0.4, 0.5) is 11.6 Å². The van der Waals surface area contributed by atoms with E-state index in [1.807, 2.05) is 22.9 Å². The van der Waals surface area contributed by atoms with Crippen LogP contribution in [0.25, 0.3) is 0 Å². The van der Waals surface area contributed by atoms with E-state index in [0.29, 0.717) is 0 Å². The van der Waals surface area contributed by atoms with E-state index < -0.39 is 0 Å². The van der Waals surface area contributed by atoms with Crippen molar-refractivity contribution < 1.29 is 0 Å². The number of nitrogens with zero attached hydrogens (tertiary/aromatic N) is 3. The molecule has 1 N–H and O–H groups in total. The number of hydrogen-bond donors (Lipinski definition) is 1. The Morgan fingerprint density at radius 3 is 3.23 bits per heavy atom. The first-order valence-corrected chi connectivity index (χ1v) is 4.16. The van der Waals surface area contributed by atoms with Gasteiger partial charge in [0.1, 0.15) is 6.33 Å². The summed E-state index contributed by atoms with van der Waals surface area (Å²) in [4.78, 5) is 4.10. The van der Waals surface area contributed by atoms with Gasteiger partial charge in [0.05, 0.1) is 6.54 Å². The van der Waals surface area contributed by atoms with E-state index in [1.165, 1.54) is 5.56 Å². The van der Waals surface area contributed by atoms with Gasteiger partial charge in [-0.25, -0.2) is 4.68 Å². The summed E-state index contributed by atoms with van der Waals surface area (Å²) in [7, 11) is 0. The molecule has 1 aliphatic rings. The molecule has 0 saturated heterocycles. The number of hydrogen-bond acceptors (Lipinski definition) is 3. The lowest BCUT2D eigenvalue weighted by atomic mass is 10.1. The van der Waals surface area contributed by atoms with Crippen LogP contribution in [0.2, 0.25) is 0 Å². The lowest BCUT2D eigenvalue weighted by Crippen LogP contribution is -2.13. The summed E-state index contributed by atoms with van der Waals surface area (Å²) in [6.07, 6.45) is 1.56. The van der Waals surface area contributed by atoms with Crippen molar-refractivity contribution >= 4 is 11.6 Å². The first kappa shape index (κ1) is 6.65. The molecular weight excluding hydrogens is 164 g/mol. The molecule has 2 heterocycles. The van der Waals surface area contributed by atoms with Crippen LogP contribution in [0.15, 0.2) is 30.6 Å². The van der Waals surface area contributed by atoms with Crippen LogP contribution in [0.1, 0.15) is 5.56 Å². The maximum atomic E-state index is 4.10. The molecule has 4 nitrogen and oxygen atoms in total. The number of rotatable bonds is 0. The first-order chi connectivity index (χ1) is 6.43. The van der Waals surface area contributed by atoms with Gasteiger partial charge in [0.25, 0.3) is 0 Å². The lowest BCUT2D eigenvalue weighted by Gasteiger charge is -2.17. The maximum absolute atomic E-state index is 4.10. The van der Waals surface area contributed by atoms with Crippen LogP contribution < -0.4 is 5.32 Å². The molecule has 4 heteroatoms. The Kier molecular flexibility index (Phi) is 1.19. The Morgan fingerprint density at radius 2 is 2.23 bits per heavy atom. The number of para-hydroxylation sites is 1. The molecule has 2 aromatic rings. The molecule has 0 fully saturated rings. The molecular formula is C9H8N4. The van der Waals surface area contributed by atoms with Crippen molar-refractivity contribution in [1.82, 2.24) is 14.8 Å². The van der Waals surface area contributed by atoms with Crippen molar-refractivity contribution in [3.8, 4) is 0 Å². The van der Waals surface area contributed by atoms with E-state index in [2.05, 4.69) is 21.5 Å². The smallest absolute Gasteiger partial charge is 0.225 e. The van der Waals surface area contributed by atoms with Gasteiger partial charge in [-0.05, 0) is 11.6 Å². The minimum Gasteiger partial charge on any atom is -0.324 e. The average Bonchev–Trinajstić information content (AvgIpc) is 2.61. The van der Waals surface area contributed by atoms with E-state index in [9.17, 15) is 0 Å². The highest BCUT2D eigenvalue weighted by Crippen LogP contribution is 2.24. The quantitative estimate of drug-likeness (QED) is 0.557. The zero-order valence-electron chi connectivity index (χ0n) is 6.94. The largest absolute Gasteiger partial charge is 0.324 e. The van der Waals surface area contributed by atoms with Gasteiger partial charge < -0.3 is 5.32 Å². The summed E-state index contributed by atoms with van der Waals surface area (Å²) in [6.45, 7) is 0.804. The fraction of sp³-hybridized carbons (Fsp3) is 0.111. The molecule has 0 bridgehead atoms. The summed E-state index contributed by atoms with van der Waals surface area (Å²) in [5.41, 5.74) is 2.38. The van der Waals surface area contributed by atoms with Crippen LogP contribution in [0, 0.1) is 0 Å². The fourth-order valence-corrected chi connectivity index (χ4v) is 1.54. The van der Waals surface area contributed by atoms with Gasteiger partial charge in [-0.2, -0.15) is 10.1 Å². The third kappa shape index (κ3) is 0.917. The van der Waals surface area contributed by atoms with Gasteiger partial charge >= 0.3 is 0 Å². The highest BCUT2D eigenvalue weighted by atomic mass is 15.4. The second-order valence-electron chi connectivity index (χ2n) is 3.02. The highest BCUT2D eigenvalue weighted by molar-refractivity contribution is 5.61. The number of fused-ring (bicyclic) bond motifs is 2. The van der Waals surface area contributed by atoms with Gasteiger partial charge in [-0.3, -0.25) is 0 Å². The van der Waals surface area contributed by atoms with Crippen molar-refractivity contribution in [3.05, 3.63) is 36.2 Å². The third-order valence-corrected chi connectivity index (χ3v) is 2.20. The number of benzene rings is 1. The molecule has 64 valence electrons. The maximum Gasteiger partial charge on any atom is 0.225 e. The van der Waals surface area contributed by atoms with Crippen molar-refractivity contribution in [2.24, 2.45) is 0 Å². The molecule has 0 unspecified atom stereocenters. The minimum atomic E-state index is 0.804. The average molecular weight is 172 g/mol. The van der Waals surface area contributed by atoms with Crippen molar-refractivity contribution in [2.45, 2.75) is 6.54 Å². The second-order valence-corrected chi connectivity index (χ2v) is 3.02. The summed E-state index contributed by atoms with van der Waals surface area (Å²) < 4.78 is 1.85. The minimum absolute atomic E-state index is 0.804. The van der Waals surface area contributed by atoms with Crippen molar-refractivity contribution in [2.75, 3.05) is 5.32 Å². The highest BCUT2D eigenvalue weighted by Gasteiger charge is 2.14. The van der Waals surface area contributed by atoms with E-state index in [1.54, 1.807) is 6.33 Å². The molecule has 3 rings (SSSR count). The summed E-state index contributed by atoms with van der Waals surface area (Å²) in [5.74, 6) is 0.818. The molecule has 0 amide bonds. The van der Waals surface area contributed by atoms with Gasteiger partial charge in [0.2, 0.25) is 5.95 Å². The number of anilines is 2. The molecule has 1 aromatic carbocycles. The SMILES string of the molecule is c1ccc2c(c1)Cn1ncnc1N2. The van der Waals surface area contributed by atoms with Crippen LogP contribution in [-0.4, -0.2) is 14.8 Å². The van der Waals surface area contributed by atoms with Crippen LogP contribution in [-0.2, 0) is 6.54 Å². The van der Waals surface area contributed by atoms with Crippen molar-refractivity contribution in [3.63, 3.8) is 0 Å². The van der Waals surface area contributed by atoms with Crippen LogP contribution in [0.5, 0.6) is 0 Å². The Morgan fingerprint density at radius 1 is 1.31 bits per heavy atom. The Balaban J connectivity index is 2.14. The van der Waals surface area contributed by atoms with Gasteiger partial charge in [-0.15, -0.1) is 0 Å². The Hall–Kier alpha value is -1.84. The van der Waals surface area contributed by atoms with Crippen molar-refractivity contribution in [1.29, 1.82) is 0 Å². The second kappa shape index (κ2) is 2.32. The fourth-order valence-electron chi connectivity index (χ4n) is 1.54. The van der Waals surface area contributed by atoms with E-state index >= 15 is 0 Å². The van der Waals surface area contributed by atoms with E-state index in [-0.39, 0.29) is 0 Å². The Labute approximate surface area is 75.2 Å². The summed E-state index contributed by atoms with van der Waals surface area (Å²) >= 11 is 0. The number of nitrogens with one attached hydrogen (secondary N) is 1. The normalized spacial score (nSPS) is 12.9. The summed E-state index contributed by atoms with van der Waals surface area (Å²) in [6, 6.07) is 8.18. The Bertz CT molecular complexity index is 407. The first-order valence-electron chi connectivity index (χ1n) is 4.16. The molecule has 1 aromatic heterocycles. The van der Waals surface area contributed by atoms with Crippen LogP contribution in [0.3, 0.4) is 0 Å². The third-order valence-electron chi connectivity index (χ3n) is 2.20. The van der Waals surface area contributed by atoms with Gasteiger partial charge in [0, 0.05) is 5.69 Å². The molecule has 0 radical (unpaired) electrons.